The topological polar surface area (TPSA) is 50.4 Å². The van der Waals surface area contributed by atoms with Crippen LogP contribution in [0.25, 0.3) is 0 Å². The highest BCUT2D eigenvalue weighted by molar-refractivity contribution is 9.10. The number of para-hydroxylation sites is 2. The Balaban J connectivity index is 1.74. The van der Waals surface area contributed by atoms with Crippen molar-refractivity contribution >= 4 is 27.6 Å². The van der Waals surface area contributed by atoms with Crippen LogP contribution in [0.3, 0.4) is 0 Å². The summed E-state index contributed by atoms with van der Waals surface area (Å²) in [5, 5.41) is 6.03. The zero-order valence-electron chi connectivity index (χ0n) is 12.9. The van der Waals surface area contributed by atoms with Crippen LogP contribution < -0.4 is 15.4 Å². The van der Waals surface area contributed by atoms with E-state index in [0.29, 0.717) is 11.4 Å². The molecule has 2 amide bonds. The molecule has 0 atom stereocenters. The highest BCUT2D eigenvalue weighted by Gasteiger charge is 2.40. The van der Waals surface area contributed by atoms with E-state index < -0.39 is 0 Å². The molecule has 0 aromatic heterocycles. The van der Waals surface area contributed by atoms with Crippen molar-refractivity contribution in [3.63, 3.8) is 0 Å². The van der Waals surface area contributed by atoms with Crippen LogP contribution in [0, 0.1) is 0 Å². The van der Waals surface area contributed by atoms with Crippen LogP contribution in [0.1, 0.15) is 24.8 Å². The number of nitrogens with one attached hydrogen (secondary N) is 2. The molecule has 23 heavy (non-hydrogen) atoms. The van der Waals surface area contributed by atoms with Crippen LogP contribution in [0.4, 0.5) is 10.5 Å². The minimum absolute atomic E-state index is 0.211. The van der Waals surface area contributed by atoms with Crippen molar-refractivity contribution in [2.24, 2.45) is 0 Å². The van der Waals surface area contributed by atoms with Crippen LogP contribution in [0.5, 0.6) is 5.75 Å². The Morgan fingerprint density at radius 1 is 1.13 bits per heavy atom. The average molecular weight is 375 g/mol. The van der Waals surface area contributed by atoms with Gasteiger partial charge in [0, 0.05) is 4.47 Å². The molecule has 0 saturated heterocycles. The lowest BCUT2D eigenvalue weighted by Crippen LogP contribution is -2.52. The number of methoxy groups -OCH3 is 1. The Labute approximate surface area is 144 Å². The summed E-state index contributed by atoms with van der Waals surface area (Å²) in [6.07, 6.45) is 3.02. The predicted octanol–water partition coefficient (Wildman–Crippen LogP) is 4.66. The predicted molar refractivity (Wildman–Crippen MR) is 94.8 cm³/mol. The summed E-state index contributed by atoms with van der Waals surface area (Å²) in [7, 11) is 1.59. The van der Waals surface area contributed by atoms with Crippen molar-refractivity contribution in [3.05, 3.63) is 58.6 Å². The zero-order chi connectivity index (χ0) is 16.3. The van der Waals surface area contributed by atoms with Gasteiger partial charge in [0.1, 0.15) is 5.75 Å². The lowest BCUT2D eigenvalue weighted by molar-refractivity contribution is 0.185. The van der Waals surface area contributed by atoms with Crippen LogP contribution >= 0.6 is 15.9 Å². The quantitative estimate of drug-likeness (QED) is 0.817. The normalized spacial score (nSPS) is 15.4. The Morgan fingerprint density at radius 3 is 2.43 bits per heavy atom. The standard InChI is InChI=1S/C18H19BrN2O2/c1-23-16-6-3-2-5-15(16)20-17(22)21-18(11-4-12-18)13-7-9-14(19)10-8-13/h2-3,5-10H,4,11-12H2,1H3,(H2,20,21,22). The van der Waals surface area contributed by atoms with Gasteiger partial charge in [-0.15, -0.1) is 0 Å². The second-order valence-corrected chi connectivity index (χ2v) is 6.64. The second kappa shape index (κ2) is 6.62. The molecule has 4 nitrogen and oxygen atoms in total. The van der Waals surface area contributed by atoms with E-state index in [1.807, 2.05) is 36.4 Å². The van der Waals surface area contributed by atoms with E-state index in [2.05, 4.69) is 38.7 Å². The van der Waals surface area contributed by atoms with Gasteiger partial charge in [0.05, 0.1) is 18.3 Å². The van der Waals surface area contributed by atoms with Gasteiger partial charge < -0.3 is 15.4 Å². The smallest absolute Gasteiger partial charge is 0.320 e. The number of hydrogen-bond donors (Lipinski definition) is 2. The van der Waals surface area contributed by atoms with Crippen LogP contribution in [-0.4, -0.2) is 13.1 Å². The van der Waals surface area contributed by atoms with Crippen LogP contribution in [0.2, 0.25) is 0 Å². The Kier molecular flexibility index (Phi) is 4.57. The highest BCUT2D eigenvalue weighted by Crippen LogP contribution is 2.41. The van der Waals surface area contributed by atoms with E-state index in [1.54, 1.807) is 7.11 Å². The fourth-order valence-corrected chi connectivity index (χ4v) is 3.17. The maximum absolute atomic E-state index is 12.4. The first-order valence-corrected chi connectivity index (χ1v) is 8.40. The third kappa shape index (κ3) is 3.34. The van der Waals surface area contributed by atoms with Gasteiger partial charge in [0.2, 0.25) is 0 Å². The monoisotopic (exact) mass is 374 g/mol. The summed E-state index contributed by atoms with van der Waals surface area (Å²) in [5.41, 5.74) is 1.53. The number of amides is 2. The summed E-state index contributed by atoms with van der Waals surface area (Å²) in [6.45, 7) is 0. The van der Waals surface area contributed by atoms with Crippen LogP contribution in [-0.2, 0) is 5.54 Å². The summed E-state index contributed by atoms with van der Waals surface area (Å²) in [6, 6.07) is 15.3. The van der Waals surface area contributed by atoms with E-state index >= 15 is 0 Å². The third-order valence-corrected chi connectivity index (χ3v) is 4.84. The molecule has 1 aliphatic carbocycles. The Hall–Kier alpha value is -2.01. The first-order valence-electron chi connectivity index (χ1n) is 7.61. The van der Waals surface area contributed by atoms with Crippen molar-refractivity contribution in [2.45, 2.75) is 24.8 Å². The molecule has 0 unspecified atom stereocenters. The number of rotatable bonds is 4. The van der Waals surface area contributed by atoms with Gasteiger partial charge in [-0.2, -0.15) is 0 Å². The number of hydrogen-bond acceptors (Lipinski definition) is 2. The molecule has 2 aromatic rings. The number of carbonyl (C=O) groups excluding carboxylic acids is 1. The SMILES string of the molecule is COc1ccccc1NC(=O)NC1(c2ccc(Br)cc2)CCC1. The number of ether oxygens (including phenoxy) is 1. The second-order valence-electron chi connectivity index (χ2n) is 5.72. The third-order valence-electron chi connectivity index (χ3n) is 4.31. The van der Waals surface area contributed by atoms with Gasteiger partial charge in [-0.25, -0.2) is 4.79 Å². The zero-order valence-corrected chi connectivity index (χ0v) is 14.5. The molecular weight excluding hydrogens is 356 g/mol. The summed E-state index contributed by atoms with van der Waals surface area (Å²) in [4.78, 5) is 12.4. The number of carbonyl (C=O) groups is 1. The minimum Gasteiger partial charge on any atom is -0.495 e. The lowest BCUT2D eigenvalue weighted by Gasteiger charge is -2.43. The van der Waals surface area contributed by atoms with Crippen molar-refractivity contribution in [1.82, 2.24) is 5.32 Å². The van der Waals surface area contributed by atoms with Crippen molar-refractivity contribution in [3.8, 4) is 5.75 Å². The van der Waals surface area contributed by atoms with E-state index in [1.165, 1.54) is 0 Å². The van der Waals surface area contributed by atoms with Crippen molar-refractivity contribution in [1.29, 1.82) is 0 Å². The molecule has 0 spiro atoms. The van der Waals surface area contributed by atoms with Gasteiger partial charge in [0.15, 0.2) is 0 Å². The average Bonchev–Trinajstić information content (AvgIpc) is 2.52. The lowest BCUT2D eigenvalue weighted by atomic mass is 9.72. The molecular formula is C18H19BrN2O2. The molecule has 1 fully saturated rings. The molecule has 3 rings (SSSR count). The number of anilines is 1. The molecule has 0 aliphatic heterocycles. The van der Waals surface area contributed by atoms with Gasteiger partial charge in [-0.1, -0.05) is 40.2 Å². The number of halogens is 1. The van der Waals surface area contributed by atoms with Crippen LogP contribution in [0.15, 0.2) is 53.0 Å². The molecule has 1 saturated carbocycles. The van der Waals surface area contributed by atoms with E-state index in [0.717, 1.165) is 29.3 Å². The maximum Gasteiger partial charge on any atom is 0.320 e. The van der Waals surface area contributed by atoms with Gasteiger partial charge in [0.25, 0.3) is 0 Å². The van der Waals surface area contributed by atoms with E-state index in [-0.39, 0.29) is 11.6 Å². The first-order chi connectivity index (χ1) is 11.1. The molecule has 5 heteroatoms. The van der Waals surface area contributed by atoms with Gasteiger partial charge in [-0.05, 0) is 49.1 Å². The molecule has 0 radical (unpaired) electrons. The molecule has 2 aromatic carbocycles. The first kappa shape index (κ1) is 15.9. The number of urea groups is 1. The Bertz CT molecular complexity index is 696. The molecule has 120 valence electrons. The molecule has 0 heterocycles. The summed E-state index contributed by atoms with van der Waals surface area (Å²) in [5.74, 6) is 0.647. The molecule has 2 N–H and O–H groups in total. The maximum atomic E-state index is 12.4. The summed E-state index contributed by atoms with van der Waals surface area (Å²) < 4.78 is 6.30. The van der Waals surface area contributed by atoms with E-state index in [9.17, 15) is 4.79 Å². The van der Waals surface area contributed by atoms with E-state index in [4.69, 9.17) is 4.74 Å². The number of benzene rings is 2. The molecule has 1 aliphatic rings. The largest absolute Gasteiger partial charge is 0.495 e. The van der Waals surface area contributed by atoms with Gasteiger partial charge >= 0.3 is 6.03 Å². The highest BCUT2D eigenvalue weighted by atomic mass is 79.9. The minimum atomic E-state index is -0.271. The Morgan fingerprint density at radius 2 is 1.83 bits per heavy atom. The fourth-order valence-electron chi connectivity index (χ4n) is 2.90. The van der Waals surface area contributed by atoms with Crippen molar-refractivity contribution < 1.29 is 9.53 Å². The summed E-state index contributed by atoms with van der Waals surface area (Å²) >= 11 is 3.45. The van der Waals surface area contributed by atoms with Crippen molar-refractivity contribution in [2.75, 3.05) is 12.4 Å². The fraction of sp³-hybridized carbons (Fsp3) is 0.278. The molecule has 0 bridgehead atoms. The van der Waals surface area contributed by atoms with Gasteiger partial charge in [-0.3, -0.25) is 0 Å².